The van der Waals surface area contributed by atoms with E-state index in [0.717, 1.165) is 24.8 Å². The van der Waals surface area contributed by atoms with Crippen LogP contribution in [-0.4, -0.2) is 11.7 Å². The Morgan fingerprint density at radius 2 is 1.81 bits per heavy atom. The van der Waals surface area contributed by atoms with Gasteiger partial charge in [-0.05, 0) is 25.0 Å². The van der Waals surface area contributed by atoms with Crippen molar-refractivity contribution >= 4 is 0 Å². The zero-order chi connectivity index (χ0) is 11.3. The molecule has 2 rings (SSSR count). The minimum absolute atomic E-state index is 0.0990. The predicted molar refractivity (Wildman–Crippen MR) is 65.9 cm³/mol. The van der Waals surface area contributed by atoms with Crippen LogP contribution in [0.15, 0.2) is 30.3 Å². The zero-order valence-corrected chi connectivity index (χ0v) is 9.58. The molecule has 1 aromatic carbocycles. The second-order valence-electron chi connectivity index (χ2n) is 4.71. The summed E-state index contributed by atoms with van der Waals surface area (Å²) in [6.07, 6.45) is 5.58. The van der Waals surface area contributed by atoms with E-state index in [2.05, 4.69) is 11.8 Å². The first-order valence-corrected chi connectivity index (χ1v) is 5.99. The van der Waals surface area contributed by atoms with Gasteiger partial charge in [0.2, 0.25) is 0 Å². The Morgan fingerprint density at radius 3 is 2.44 bits per heavy atom. The minimum Gasteiger partial charge on any atom is -0.396 e. The molecule has 0 radical (unpaired) electrons. The predicted octanol–water partition coefficient (Wildman–Crippen LogP) is 2.98. The molecule has 1 N–H and O–H groups in total. The molecular weight excluding hydrogens is 196 g/mol. The van der Waals surface area contributed by atoms with Gasteiger partial charge in [-0.2, -0.15) is 0 Å². The molecule has 0 atom stereocenters. The second-order valence-corrected chi connectivity index (χ2v) is 4.71. The van der Waals surface area contributed by atoms with Crippen LogP contribution < -0.4 is 0 Å². The van der Waals surface area contributed by atoms with E-state index in [1.54, 1.807) is 0 Å². The van der Waals surface area contributed by atoms with E-state index in [0.29, 0.717) is 0 Å². The third-order valence-corrected chi connectivity index (χ3v) is 3.47. The standard InChI is InChI=1S/C15H18O/c16-13-15(10-4-5-11-15)12-6-9-14-7-2-1-3-8-14/h1-3,7-8,16H,4-5,10-13H2. The van der Waals surface area contributed by atoms with E-state index in [1.807, 2.05) is 30.3 Å². The van der Waals surface area contributed by atoms with Crippen molar-refractivity contribution in [1.29, 1.82) is 0 Å². The molecule has 1 nitrogen and oxygen atoms in total. The fraction of sp³-hybridized carbons (Fsp3) is 0.467. The fourth-order valence-electron chi connectivity index (χ4n) is 2.37. The number of hydrogen-bond acceptors (Lipinski definition) is 1. The zero-order valence-electron chi connectivity index (χ0n) is 9.58. The SMILES string of the molecule is OCC1(CC#Cc2ccccc2)CCCC1. The van der Waals surface area contributed by atoms with Gasteiger partial charge in [0.25, 0.3) is 0 Å². The van der Waals surface area contributed by atoms with Crippen LogP contribution in [0.4, 0.5) is 0 Å². The van der Waals surface area contributed by atoms with Crippen LogP contribution in [-0.2, 0) is 0 Å². The molecule has 0 bridgehead atoms. The van der Waals surface area contributed by atoms with Crippen LogP contribution in [0, 0.1) is 17.3 Å². The third kappa shape index (κ3) is 2.65. The second kappa shape index (κ2) is 5.18. The first-order valence-electron chi connectivity index (χ1n) is 5.99. The molecule has 16 heavy (non-hydrogen) atoms. The van der Waals surface area contributed by atoms with Crippen molar-refractivity contribution in [3.63, 3.8) is 0 Å². The summed E-state index contributed by atoms with van der Waals surface area (Å²) in [5.41, 5.74) is 1.16. The number of benzene rings is 1. The van der Waals surface area contributed by atoms with E-state index in [4.69, 9.17) is 0 Å². The van der Waals surface area contributed by atoms with Crippen molar-refractivity contribution in [3.05, 3.63) is 35.9 Å². The van der Waals surface area contributed by atoms with Crippen molar-refractivity contribution in [2.24, 2.45) is 5.41 Å². The highest BCUT2D eigenvalue weighted by atomic mass is 16.3. The topological polar surface area (TPSA) is 20.2 Å². The molecule has 1 saturated carbocycles. The number of aliphatic hydroxyl groups is 1. The van der Waals surface area contributed by atoms with E-state index in [-0.39, 0.29) is 12.0 Å². The highest BCUT2D eigenvalue weighted by Gasteiger charge is 2.32. The minimum atomic E-state index is 0.0990. The van der Waals surface area contributed by atoms with E-state index < -0.39 is 0 Å². The van der Waals surface area contributed by atoms with Crippen LogP contribution >= 0.6 is 0 Å². The van der Waals surface area contributed by atoms with Crippen LogP contribution in [0.5, 0.6) is 0 Å². The van der Waals surface area contributed by atoms with Crippen molar-refractivity contribution in [2.45, 2.75) is 32.1 Å². The van der Waals surface area contributed by atoms with E-state index in [9.17, 15) is 5.11 Å². The van der Waals surface area contributed by atoms with E-state index >= 15 is 0 Å². The fourth-order valence-corrected chi connectivity index (χ4v) is 2.37. The van der Waals surface area contributed by atoms with Crippen LogP contribution in [0.2, 0.25) is 0 Å². The molecule has 0 aliphatic heterocycles. The van der Waals surface area contributed by atoms with Gasteiger partial charge in [0, 0.05) is 24.0 Å². The molecule has 1 heteroatoms. The van der Waals surface area contributed by atoms with Gasteiger partial charge in [-0.1, -0.05) is 42.9 Å². The lowest BCUT2D eigenvalue weighted by Gasteiger charge is -2.23. The van der Waals surface area contributed by atoms with E-state index in [1.165, 1.54) is 12.8 Å². The van der Waals surface area contributed by atoms with Crippen molar-refractivity contribution in [3.8, 4) is 11.8 Å². The molecule has 0 aromatic heterocycles. The van der Waals surface area contributed by atoms with Gasteiger partial charge in [0.1, 0.15) is 0 Å². The maximum Gasteiger partial charge on any atom is 0.0496 e. The normalized spacial score (nSPS) is 17.8. The number of hydrogen-bond donors (Lipinski definition) is 1. The Bertz CT molecular complexity index is 377. The van der Waals surface area contributed by atoms with Gasteiger partial charge < -0.3 is 5.11 Å². The number of aliphatic hydroxyl groups excluding tert-OH is 1. The third-order valence-electron chi connectivity index (χ3n) is 3.47. The Hall–Kier alpha value is -1.26. The molecule has 1 aliphatic rings. The first-order chi connectivity index (χ1) is 7.85. The average Bonchev–Trinajstić information content (AvgIpc) is 2.80. The summed E-state index contributed by atoms with van der Waals surface area (Å²) in [4.78, 5) is 0. The summed E-state index contributed by atoms with van der Waals surface area (Å²) in [5.74, 6) is 6.39. The molecule has 84 valence electrons. The van der Waals surface area contributed by atoms with Gasteiger partial charge >= 0.3 is 0 Å². The van der Waals surface area contributed by atoms with Crippen LogP contribution in [0.3, 0.4) is 0 Å². The Kier molecular flexibility index (Phi) is 3.64. The van der Waals surface area contributed by atoms with Gasteiger partial charge in [0.05, 0.1) is 0 Å². The quantitative estimate of drug-likeness (QED) is 0.750. The van der Waals surface area contributed by atoms with Crippen molar-refractivity contribution < 1.29 is 5.11 Å². The van der Waals surface area contributed by atoms with Crippen molar-refractivity contribution in [1.82, 2.24) is 0 Å². The highest BCUT2D eigenvalue weighted by molar-refractivity contribution is 5.33. The lowest BCUT2D eigenvalue weighted by Crippen LogP contribution is -2.20. The largest absolute Gasteiger partial charge is 0.396 e. The molecule has 0 amide bonds. The summed E-state index contributed by atoms with van der Waals surface area (Å²) < 4.78 is 0. The molecule has 0 saturated heterocycles. The lowest BCUT2D eigenvalue weighted by molar-refractivity contribution is 0.135. The molecule has 0 heterocycles. The Labute approximate surface area is 97.5 Å². The molecule has 0 unspecified atom stereocenters. The highest BCUT2D eigenvalue weighted by Crippen LogP contribution is 2.40. The monoisotopic (exact) mass is 214 g/mol. The smallest absolute Gasteiger partial charge is 0.0496 e. The summed E-state index contributed by atoms with van der Waals surface area (Å²) in [6, 6.07) is 10.0. The van der Waals surface area contributed by atoms with Crippen LogP contribution in [0.1, 0.15) is 37.7 Å². The molecule has 1 aliphatic carbocycles. The Balaban J connectivity index is 1.99. The summed E-state index contributed by atoms with van der Waals surface area (Å²) >= 11 is 0. The average molecular weight is 214 g/mol. The summed E-state index contributed by atoms with van der Waals surface area (Å²) in [6.45, 7) is 0.288. The Morgan fingerprint density at radius 1 is 1.12 bits per heavy atom. The lowest BCUT2D eigenvalue weighted by atomic mass is 9.84. The molecule has 1 aromatic rings. The molecular formula is C15H18O. The van der Waals surface area contributed by atoms with Gasteiger partial charge in [-0.3, -0.25) is 0 Å². The summed E-state index contributed by atoms with van der Waals surface area (Å²) in [7, 11) is 0. The summed E-state index contributed by atoms with van der Waals surface area (Å²) in [5, 5.41) is 9.45. The maximum atomic E-state index is 9.45. The maximum absolute atomic E-state index is 9.45. The number of rotatable bonds is 2. The molecule has 0 spiro atoms. The molecule has 1 fully saturated rings. The van der Waals surface area contributed by atoms with Gasteiger partial charge in [-0.15, -0.1) is 0 Å². The van der Waals surface area contributed by atoms with Crippen LogP contribution in [0.25, 0.3) is 0 Å². The van der Waals surface area contributed by atoms with Gasteiger partial charge in [0.15, 0.2) is 0 Å². The van der Waals surface area contributed by atoms with Crippen molar-refractivity contribution in [2.75, 3.05) is 6.61 Å². The first kappa shape index (κ1) is 11.2. The van der Waals surface area contributed by atoms with Gasteiger partial charge in [-0.25, -0.2) is 0 Å².